The number of primary amides is 1. The summed E-state index contributed by atoms with van der Waals surface area (Å²) in [4.78, 5) is 47.7. The average Bonchev–Trinajstić information content (AvgIpc) is 2.59. The fraction of sp³-hybridized carbons (Fsp3) is 0.333. The molecule has 1 aromatic carbocycles. The quantitative estimate of drug-likeness (QED) is 0.451. The minimum atomic E-state index is -0.994. The van der Waals surface area contributed by atoms with Crippen LogP contribution in [-0.4, -0.2) is 41.8 Å². The largest absolute Gasteiger partial charge is 0.368 e. The Bertz CT molecular complexity index is 704. The van der Waals surface area contributed by atoms with Crippen LogP contribution in [0.15, 0.2) is 43.0 Å². The van der Waals surface area contributed by atoms with Crippen molar-refractivity contribution in [1.82, 2.24) is 16.0 Å². The molecule has 0 unspecified atom stereocenters. The number of hydrogen-bond acceptors (Lipinski definition) is 4. The second-order valence-electron chi connectivity index (χ2n) is 6.06. The van der Waals surface area contributed by atoms with Crippen LogP contribution in [0.1, 0.15) is 18.4 Å². The van der Waals surface area contributed by atoms with Gasteiger partial charge in [0.2, 0.25) is 23.6 Å². The van der Waals surface area contributed by atoms with Crippen molar-refractivity contribution >= 4 is 23.6 Å². The van der Waals surface area contributed by atoms with E-state index in [2.05, 4.69) is 22.5 Å². The highest BCUT2D eigenvalue weighted by atomic mass is 16.2. The Morgan fingerprint density at radius 3 is 2.38 bits per heavy atom. The standard InChI is InChI=1S/C18H22N4O4/c1-2-6-12(16(19)24)20-15(23)10-14-18(26)21-13(17(25)22-14)9-11-7-4-3-5-8-11/h2-5,7-8,12-14H,1,6,9-10H2,(H2,19,24)(H,20,23)(H,21,26)(H,22,25)/t12-,13+,14+/m1/s1. The van der Waals surface area contributed by atoms with Gasteiger partial charge >= 0.3 is 0 Å². The predicted molar refractivity (Wildman–Crippen MR) is 94.6 cm³/mol. The number of hydrogen-bond donors (Lipinski definition) is 4. The van der Waals surface area contributed by atoms with Crippen molar-refractivity contribution < 1.29 is 19.2 Å². The normalized spacial score (nSPS) is 20.5. The molecule has 0 saturated carbocycles. The summed E-state index contributed by atoms with van der Waals surface area (Å²) in [6, 6.07) is 6.71. The Hall–Kier alpha value is -3.16. The van der Waals surface area contributed by atoms with Crippen LogP contribution in [-0.2, 0) is 25.6 Å². The summed E-state index contributed by atoms with van der Waals surface area (Å²) in [6.45, 7) is 3.49. The summed E-state index contributed by atoms with van der Waals surface area (Å²) < 4.78 is 0. The van der Waals surface area contributed by atoms with Crippen LogP contribution in [0.5, 0.6) is 0 Å². The molecule has 1 aromatic rings. The minimum Gasteiger partial charge on any atom is -0.368 e. The first kappa shape index (κ1) is 19.2. The lowest BCUT2D eigenvalue weighted by Gasteiger charge is -2.29. The molecule has 0 bridgehead atoms. The van der Waals surface area contributed by atoms with E-state index in [4.69, 9.17) is 5.73 Å². The molecule has 0 aromatic heterocycles. The van der Waals surface area contributed by atoms with E-state index in [9.17, 15) is 19.2 Å². The van der Waals surface area contributed by atoms with Gasteiger partial charge in [0, 0.05) is 6.42 Å². The highest BCUT2D eigenvalue weighted by Gasteiger charge is 2.35. The number of nitrogens with two attached hydrogens (primary N) is 1. The fourth-order valence-electron chi connectivity index (χ4n) is 2.66. The van der Waals surface area contributed by atoms with E-state index in [0.717, 1.165) is 5.56 Å². The number of amides is 4. The Labute approximate surface area is 151 Å². The van der Waals surface area contributed by atoms with Gasteiger partial charge < -0.3 is 21.7 Å². The molecule has 0 radical (unpaired) electrons. The smallest absolute Gasteiger partial charge is 0.243 e. The van der Waals surface area contributed by atoms with Gasteiger partial charge in [-0.25, -0.2) is 0 Å². The third-order valence-electron chi connectivity index (χ3n) is 4.02. The third-order valence-corrected chi connectivity index (χ3v) is 4.02. The minimum absolute atomic E-state index is 0.184. The zero-order chi connectivity index (χ0) is 19.1. The number of benzene rings is 1. The van der Waals surface area contributed by atoms with Crippen molar-refractivity contribution in [2.75, 3.05) is 0 Å². The third kappa shape index (κ3) is 5.17. The lowest BCUT2D eigenvalue weighted by molar-refractivity contribution is -0.138. The maximum Gasteiger partial charge on any atom is 0.243 e. The van der Waals surface area contributed by atoms with E-state index in [-0.39, 0.29) is 18.7 Å². The molecular formula is C18H22N4O4. The van der Waals surface area contributed by atoms with E-state index >= 15 is 0 Å². The lowest BCUT2D eigenvalue weighted by atomic mass is 10.0. The molecule has 1 fully saturated rings. The van der Waals surface area contributed by atoms with E-state index in [1.54, 1.807) is 0 Å². The molecule has 4 amide bonds. The molecule has 1 aliphatic heterocycles. The van der Waals surface area contributed by atoms with Crippen molar-refractivity contribution in [2.45, 2.75) is 37.4 Å². The summed E-state index contributed by atoms with van der Waals surface area (Å²) in [7, 11) is 0. The van der Waals surface area contributed by atoms with Crippen molar-refractivity contribution in [3.63, 3.8) is 0 Å². The van der Waals surface area contributed by atoms with Crippen molar-refractivity contribution in [2.24, 2.45) is 5.73 Å². The van der Waals surface area contributed by atoms with Gasteiger partial charge in [0.25, 0.3) is 0 Å². The summed E-state index contributed by atoms with van der Waals surface area (Å²) in [5.74, 6) is -2.06. The lowest BCUT2D eigenvalue weighted by Crippen LogP contribution is -2.63. The Balaban J connectivity index is 1.91. The molecule has 1 heterocycles. The van der Waals surface area contributed by atoms with E-state index in [0.29, 0.717) is 6.42 Å². The van der Waals surface area contributed by atoms with Gasteiger partial charge in [-0.3, -0.25) is 19.2 Å². The zero-order valence-electron chi connectivity index (χ0n) is 14.2. The summed E-state index contributed by atoms with van der Waals surface area (Å²) in [5, 5.41) is 7.62. The highest BCUT2D eigenvalue weighted by molar-refractivity contribution is 5.99. The van der Waals surface area contributed by atoms with Gasteiger partial charge in [0.1, 0.15) is 18.1 Å². The molecule has 0 aliphatic carbocycles. The van der Waals surface area contributed by atoms with Gasteiger partial charge in [-0.15, -0.1) is 6.58 Å². The molecule has 3 atom stereocenters. The second kappa shape index (κ2) is 8.80. The molecule has 2 rings (SSSR count). The van der Waals surface area contributed by atoms with E-state index in [1.807, 2.05) is 30.3 Å². The average molecular weight is 358 g/mol. The second-order valence-corrected chi connectivity index (χ2v) is 6.06. The van der Waals surface area contributed by atoms with Crippen molar-refractivity contribution in [3.05, 3.63) is 48.6 Å². The molecule has 1 aliphatic rings. The van der Waals surface area contributed by atoms with Gasteiger partial charge in [-0.05, 0) is 12.0 Å². The van der Waals surface area contributed by atoms with Crippen molar-refractivity contribution in [3.8, 4) is 0 Å². The molecular weight excluding hydrogens is 336 g/mol. The SMILES string of the molecule is C=CC[C@@H](NC(=O)C[C@@H]1NC(=O)[C@H](Cc2ccccc2)NC1=O)C(N)=O. The number of rotatable bonds is 8. The van der Waals surface area contributed by atoms with Crippen LogP contribution in [0.2, 0.25) is 0 Å². The predicted octanol–water partition coefficient (Wildman–Crippen LogP) is -0.851. The highest BCUT2D eigenvalue weighted by Crippen LogP contribution is 2.08. The van der Waals surface area contributed by atoms with Gasteiger partial charge in [0.15, 0.2) is 0 Å². The summed E-state index contributed by atoms with van der Waals surface area (Å²) in [5.41, 5.74) is 6.11. The molecule has 8 heteroatoms. The van der Waals surface area contributed by atoms with Gasteiger partial charge in [-0.1, -0.05) is 36.4 Å². The molecule has 5 N–H and O–H groups in total. The van der Waals surface area contributed by atoms with Crippen molar-refractivity contribution in [1.29, 1.82) is 0 Å². The van der Waals surface area contributed by atoms with E-state index in [1.165, 1.54) is 6.08 Å². The molecule has 26 heavy (non-hydrogen) atoms. The number of nitrogens with one attached hydrogen (secondary N) is 3. The Kier molecular flexibility index (Phi) is 6.48. The van der Waals surface area contributed by atoms with Crippen LogP contribution in [0.4, 0.5) is 0 Å². The molecule has 138 valence electrons. The first-order valence-corrected chi connectivity index (χ1v) is 8.25. The Morgan fingerprint density at radius 1 is 1.15 bits per heavy atom. The number of piperazine rings is 1. The van der Waals surface area contributed by atoms with Crippen LogP contribution in [0.3, 0.4) is 0 Å². The van der Waals surface area contributed by atoms with Crippen LogP contribution in [0.25, 0.3) is 0 Å². The molecule has 1 saturated heterocycles. The zero-order valence-corrected chi connectivity index (χ0v) is 14.2. The topological polar surface area (TPSA) is 130 Å². The van der Waals surface area contributed by atoms with Crippen LogP contribution >= 0.6 is 0 Å². The first-order valence-electron chi connectivity index (χ1n) is 8.25. The maximum atomic E-state index is 12.2. The summed E-state index contributed by atoms with van der Waals surface area (Å²) >= 11 is 0. The van der Waals surface area contributed by atoms with Gasteiger partial charge in [0.05, 0.1) is 6.42 Å². The maximum absolute atomic E-state index is 12.2. The van der Waals surface area contributed by atoms with Crippen LogP contribution in [0, 0.1) is 0 Å². The first-order chi connectivity index (χ1) is 12.4. The fourth-order valence-corrected chi connectivity index (χ4v) is 2.66. The summed E-state index contributed by atoms with van der Waals surface area (Å²) in [6.07, 6.45) is 1.72. The van der Waals surface area contributed by atoms with E-state index < -0.39 is 35.8 Å². The Morgan fingerprint density at radius 2 is 1.77 bits per heavy atom. The molecule has 8 nitrogen and oxygen atoms in total. The van der Waals surface area contributed by atoms with Gasteiger partial charge in [-0.2, -0.15) is 0 Å². The number of carbonyl (C=O) groups is 4. The van der Waals surface area contributed by atoms with Crippen LogP contribution < -0.4 is 21.7 Å². The number of carbonyl (C=O) groups excluding carboxylic acids is 4. The molecule has 0 spiro atoms. The monoisotopic (exact) mass is 358 g/mol.